The molecular formula is C16H29N5O7. The number of primary amides is 1. The van der Waals surface area contributed by atoms with E-state index in [4.69, 9.17) is 11.5 Å². The third-order valence-electron chi connectivity index (χ3n) is 4.08. The minimum Gasteiger partial charge on any atom is -0.480 e. The minimum absolute atomic E-state index is 0.404. The second-order valence-electron chi connectivity index (χ2n) is 6.43. The van der Waals surface area contributed by atoms with E-state index in [1.165, 1.54) is 6.92 Å². The van der Waals surface area contributed by atoms with Crippen LogP contribution in [0.25, 0.3) is 0 Å². The highest BCUT2D eigenvalue weighted by molar-refractivity contribution is 5.95. The van der Waals surface area contributed by atoms with Gasteiger partial charge in [-0.3, -0.25) is 19.2 Å². The van der Waals surface area contributed by atoms with Crippen molar-refractivity contribution in [1.29, 1.82) is 0 Å². The highest BCUT2D eigenvalue weighted by Crippen LogP contribution is 2.09. The Morgan fingerprint density at radius 3 is 1.89 bits per heavy atom. The summed E-state index contributed by atoms with van der Waals surface area (Å²) in [5.74, 6) is -5.19. The minimum atomic E-state index is -1.52. The van der Waals surface area contributed by atoms with Crippen LogP contribution in [0.5, 0.6) is 0 Å². The number of amides is 4. The summed E-state index contributed by atoms with van der Waals surface area (Å²) in [6.07, 6.45) is -1.49. The topological polar surface area (TPSA) is 214 Å². The van der Waals surface area contributed by atoms with E-state index in [1.807, 2.05) is 0 Å². The lowest BCUT2D eigenvalue weighted by atomic mass is 9.98. The highest BCUT2D eigenvalue weighted by Gasteiger charge is 2.33. The SMILES string of the molecule is CCC(C)C(NC(=O)C(NC(=O)C(CC(N)=O)NC(=O)CN)C(C)O)C(=O)O. The van der Waals surface area contributed by atoms with Crippen LogP contribution in [0.1, 0.15) is 33.6 Å². The standard InChI is InChI=1S/C16H29N5O7/c1-4-7(2)12(16(27)28)20-15(26)13(8(3)22)21-14(25)9(5-10(18)23)19-11(24)6-17/h7-9,12-13,22H,4-6,17H2,1-3H3,(H2,18,23)(H,19,24)(H,20,26)(H,21,25)(H,27,28). The molecule has 0 aliphatic heterocycles. The van der Waals surface area contributed by atoms with Gasteiger partial charge in [0.15, 0.2) is 0 Å². The number of hydrogen-bond donors (Lipinski definition) is 7. The number of carboxylic acid groups (broad SMARTS) is 1. The summed E-state index contributed by atoms with van der Waals surface area (Å²) in [5, 5.41) is 25.8. The predicted molar refractivity (Wildman–Crippen MR) is 97.4 cm³/mol. The van der Waals surface area contributed by atoms with Gasteiger partial charge in [0.2, 0.25) is 23.6 Å². The molecule has 0 aliphatic carbocycles. The smallest absolute Gasteiger partial charge is 0.326 e. The number of carbonyl (C=O) groups excluding carboxylic acids is 4. The van der Waals surface area contributed by atoms with Gasteiger partial charge in [-0.25, -0.2) is 4.79 Å². The van der Waals surface area contributed by atoms with E-state index in [9.17, 15) is 34.2 Å². The van der Waals surface area contributed by atoms with Crippen LogP contribution in [0.4, 0.5) is 0 Å². The summed E-state index contributed by atoms with van der Waals surface area (Å²) in [6.45, 7) is 4.14. The molecule has 28 heavy (non-hydrogen) atoms. The molecule has 4 amide bonds. The van der Waals surface area contributed by atoms with Crippen molar-refractivity contribution in [1.82, 2.24) is 16.0 Å². The van der Waals surface area contributed by atoms with Crippen LogP contribution in [-0.2, 0) is 24.0 Å². The number of hydrogen-bond acceptors (Lipinski definition) is 7. The second-order valence-corrected chi connectivity index (χ2v) is 6.43. The molecule has 0 rings (SSSR count). The molecule has 0 bridgehead atoms. The quantitative estimate of drug-likeness (QED) is 0.175. The number of aliphatic hydroxyl groups is 1. The van der Waals surface area contributed by atoms with Crippen LogP contribution in [0, 0.1) is 5.92 Å². The van der Waals surface area contributed by atoms with Gasteiger partial charge in [-0.2, -0.15) is 0 Å². The Labute approximate surface area is 162 Å². The summed E-state index contributed by atoms with van der Waals surface area (Å²) in [5.41, 5.74) is 10.2. The van der Waals surface area contributed by atoms with Crippen molar-refractivity contribution >= 4 is 29.6 Å². The van der Waals surface area contributed by atoms with Crippen LogP contribution in [-0.4, -0.2) is 70.6 Å². The molecule has 0 aromatic carbocycles. The maximum Gasteiger partial charge on any atom is 0.326 e. The summed E-state index contributed by atoms with van der Waals surface area (Å²) >= 11 is 0. The van der Waals surface area contributed by atoms with Crippen LogP contribution in [0.15, 0.2) is 0 Å². The van der Waals surface area contributed by atoms with Crippen molar-refractivity contribution in [2.45, 2.75) is 57.8 Å². The first-order valence-electron chi connectivity index (χ1n) is 8.73. The molecule has 0 radical (unpaired) electrons. The Balaban J connectivity index is 5.36. The number of carboxylic acids is 1. The molecule has 0 aromatic heterocycles. The summed E-state index contributed by atoms with van der Waals surface area (Å²) < 4.78 is 0. The Hall–Kier alpha value is -2.73. The maximum atomic E-state index is 12.4. The molecule has 0 aliphatic rings. The normalized spacial score (nSPS) is 16.0. The van der Waals surface area contributed by atoms with Crippen molar-refractivity contribution in [2.75, 3.05) is 6.54 Å². The Morgan fingerprint density at radius 2 is 1.50 bits per heavy atom. The number of aliphatic carboxylic acids is 1. The molecule has 0 fully saturated rings. The van der Waals surface area contributed by atoms with Gasteiger partial charge in [-0.1, -0.05) is 20.3 Å². The van der Waals surface area contributed by atoms with E-state index in [0.29, 0.717) is 6.42 Å². The van der Waals surface area contributed by atoms with E-state index in [1.54, 1.807) is 13.8 Å². The van der Waals surface area contributed by atoms with E-state index in [0.717, 1.165) is 0 Å². The van der Waals surface area contributed by atoms with Gasteiger partial charge in [-0.05, 0) is 12.8 Å². The summed E-state index contributed by atoms with van der Waals surface area (Å²) in [6, 6.07) is -4.16. The average molecular weight is 403 g/mol. The largest absolute Gasteiger partial charge is 0.480 e. The Morgan fingerprint density at radius 1 is 0.964 bits per heavy atom. The molecular weight excluding hydrogens is 374 g/mol. The number of nitrogens with one attached hydrogen (secondary N) is 3. The van der Waals surface area contributed by atoms with Crippen molar-refractivity contribution in [3.8, 4) is 0 Å². The lowest BCUT2D eigenvalue weighted by molar-refractivity contribution is -0.144. The molecule has 0 saturated carbocycles. The van der Waals surface area contributed by atoms with Gasteiger partial charge in [-0.15, -0.1) is 0 Å². The molecule has 0 aromatic rings. The molecule has 9 N–H and O–H groups in total. The molecule has 160 valence electrons. The van der Waals surface area contributed by atoms with E-state index in [-0.39, 0.29) is 0 Å². The summed E-state index contributed by atoms with van der Waals surface area (Å²) in [7, 11) is 0. The zero-order valence-corrected chi connectivity index (χ0v) is 16.1. The van der Waals surface area contributed by atoms with Gasteiger partial charge in [0.05, 0.1) is 19.1 Å². The van der Waals surface area contributed by atoms with E-state index < -0.39 is 72.7 Å². The van der Waals surface area contributed by atoms with Crippen LogP contribution in [0.3, 0.4) is 0 Å². The summed E-state index contributed by atoms with van der Waals surface area (Å²) in [4.78, 5) is 58.7. The highest BCUT2D eigenvalue weighted by atomic mass is 16.4. The molecule has 12 nitrogen and oxygen atoms in total. The fourth-order valence-electron chi connectivity index (χ4n) is 2.25. The van der Waals surface area contributed by atoms with Crippen molar-refractivity contribution in [3.63, 3.8) is 0 Å². The van der Waals surface area contributed by atoms with Crippen LogP contribution >= 0.6 is 0 Å². The van der Waals surface area contributed by atoms with Crippen molar-refractivity contribution < 1.29 is 34.2 Å². The first-order chi connectivity index (χ1) is 12.9. The van der Waals surface area contributed by atoms with Crippen LogP contribution in [0.2, 0.25) is 0 Å². The third kappa shape index (κ3) is 8.31. The van der Waals surface area contributed by atoms with Gasteiger partial charge in [0, 0.05) is 0 Å². The van der Waals surface area contributed by atoms with Crippen LogP contribution < -0.4 is 27.4 Å². The number of carbonyl (C=O) groups is 5. The van der Waals surface area contributed by atoms with Crippen molar-refractivity contribution in [3.05, 3.63) is 0 Å². The number of aliphatic hydroxyl groups excluding tert-OH is 1. The fraction of sp³-hybridized carbons (Fsp3) is 0.688. The molecule has 0 saturated heterocycles. The first-order valence-corrected chi connectivity index (χ1v) is 8.73. The first kappa shape index (κ1) is 25.3. The van der Waals surface area contributed by atoms with Crippen molar-refractivity contribution in [2.24, 2.45) is 17.4 Å². The molecule has 0 heterocycles. The molecule has 5 unspecified atom stereocenters. The number of rotatable bonds is 12. The third-order valence-corrected chi connectivity index (χ3v) is 4.08. The zero-order chi connectivity index (χ0) is 22.0. The maximum absolute atomic E-state index is 12.4. The zero-order valence-electron chi connectivity index (χ0n) is 16.1. The second kappa shape index (κ2) is 11.9. The fourth-order valence-corrected chi connectivity index (χ4v) is 2.25. The lowest BCUT2D eigenvalue weighted by Gasteiger charge is -2.27. The lowest BCUT2D eigenvalue weighted by Crippen LogP contribution is -2.60. The van der Waals surface area contributed by atoms with Gasteiger partial charge < -0.3 is 37.6 Å². The van der Waals surface area contributed by atoms with Gasteiger partial charge >= 0.3 is 5.97 Å². The van der Waals surface area contributed by atoms with E-state index >= 15 is 0 Å². The molecule has 0 spiro atoms. The average Bonchev–Trinajstić information content (AvgIpc) is 2.61. The van der Waals surface area contributed by atoms with Gasteiger partial charge in [0.1, 0.15) is 18.1 Å². The Bertz CT molecular complexity index is 596. The molecule has 12 heteroatoms. The molecule has 5 atom stereocenters. The monoisotopic (exact) mass is 403 g/mol. The number of nitrogens with two attached hydrogens (primary N) is 2. The van der Waals surface area contributed by atoms with Gasteiger partial charge in [0.25, 0.3) is 0 Å². The Kier molecular flexibility index (Phi) is 10.7. The van der Waals surface area contributed by atoms with E-state index in [2.05, 4.69) is 16.0 Å². The predicted octanol–water partition coefficient (Wildman–Crippen LogP) is -3.21.